The van der Waals surface area contributed by atoms with Gasteiger partial charge in [-0.05, 0) is 66.8 Å². The molecule has 178 valence electrons. The van der Waals surface area contributed by atoms with E-state index in [-0.39, 0.29) is 10.7 Å². The molecule has 1 aliphatic heterocycles. The maximum Gasteiger partial charge on any atom is 0.270 e. The molecule has 0 saturated carbocycles. The summed E-state index contributed by atoms with van der Waals surface area (Å²) in [4.78, 5) is 32.5. The van der Waals surface area contributed by atoms with Crippen LogP contribution in [0.2, 0.25) is 0 Å². The Morgan fingerprint density at radius 1 is 0.784 bits per heavy atom. The fourth-order valence-corrected chi connectivity index (χ4v) is 4.56. The second-order valence-electron chi connectivity index (χ2n) is 8.47. The van der Waals surface area contributed by atoms with Crippen molar-refractivity contribution in [1.82, 2.24) is 10.3 Å². The van der Waals surface area contributed by atoms with Crippen LogP contribution >= 0.6 is 12.2 Å². The zero-order valence-electron chi connectivity index (χ0n) is 19.4. The molecule has 0 aliphatic carbocycles. The van der Waals surface area contributed by atoms with Crippen LogP contribution in [0.3, 0.4) is 0 Å². The Morgan fingerprint density at radius 2 is 1.49 bits per heavy atom. The quantitative estimate of drug-likeness (QED) is 0.141. The summed E-state index contributed by atoms with van der Waals surface area (Å²) >= 11 is 5.35. The number of aromatic nitrogens is 1. The number of anilines is 1. The Kier molecular flexibility index (Phi) is 5.67. The van der Waals surface area contributed by atoms with Crippen LogP contribution < -0.4 is 15.0 Å². The molecule has 0 unspecified atom stereocenters. The van der Waals surface area contributed by atoms with Crippen molar-refractivity contribution in [3.05, 3.63) is 114 Å². The van der Waals surface area contributed by atoms with E-state index >= 15 is 0 Å². The Labute approximate surface area is 217 Å². The second kappa shape index (κ2) is 9.29. The van der Waals surface area contributed by atoms with Gasteiger partial charge in [0.1, 0.15) is 17.1 Å². The van der Waals surface area contributed by atoms with Gasteiger partial charge >= 0.3 is 0 Å². The lowest BCUT2D eigenvalue weighted by Gasteiger charge is -2.29. The highest BCUT2D eigenvalue weighted by Crippen LogP contribution is 2.28. The number of para-hydroxylation sites is 3. The molecule has 6 nitrogen and oxygen atoms in total. The summed E-state index contributed by atoms with van der Waals surface area (Å²) in [6.45, 7) is 0. The smallest absolute Gasteiger partial charge is 0.270 e. The van der Waals surface area contributed by atoms with Crippen molar-refractivity contribution in [2.75, 3.05) is 4.90 Å². The number of nitrogens with one attached hydrogen (secondary N) is 1. The van der Waals surface area contributed by atoms with Crippen molar-refractivity contribution in [2.45, 2.75) is 0 Å². The van der Waals surface area contributed by atoms with Gasteiger partial charge in [-0.3, -0.25) is 19.8 Å². The largest absolute Gasteiger partial charge is 0.457 e. The first-order chi connectivity index (χ1) is 18.1. The van der Waals surface area contributed by atoms with E-state index in [1.54, 1.807) is 30.3 Å². The highest BCUT2D eigenvalue weighted by molar-refractivity contribution is 7.80. The first-order valence-corrected chi connectivity index (χ1v) is 12.0. The first kappa shape index (κ1) is 22.6. The number of fused-ring (bicyclic) bond motifs is 2. The molecule has 5 aromatic rings. The van der Waals surface area contributed by atoms with Gasteiger partial charge in [0, 0.05) is 16.3 Å². The standard InChI is InChI=1S/C30H19N3O3S/c34-28-25(18-21-9-6-8-20-17-19-7-4-5-12-26(19)31-27(20)21)29(35)33(30(37)32-28)22-13-15-24(16-14-22)36-23-10-2-1-3-11-23/h1-18H,(H,32,34,37). The fourth-order valence-electron chi connectivity index (χ4n) is 4.28. The molecule has 0 radical (unpaired) electrons. The van der Waals surface area contributed by atoms with Crippen molar-refractivity contribution >= 4 is 62.7 Å². The van der Waals surface area contributed by atoms with Gasteiger partial charge < -0.3 is 4.74 Å². The average Bonchev–Trinajstić information content (AvgIpc) is 2.91. The van der Waals surface area contributed by atoms with Gasteiger partial charge in [-0.25, -0.2) is 4.98 Å². The van der Waals surface area contributed by atoms with Crippen molar-refractivity contribution < 1.29 is 14.3 Å². The highest BCUT2D eigenvalue weighted by Gasteiger charge is 2.34. The third-order valence-electron chi connectivity index (χ3n) is 6.05. The number of amides is 2. The van der Waals surface area contributed by atoms with Crippen molar-refractivity contribution in [3.63, 3.8) is 0 Å². The summed E-state index contributed by atoms with van der Waals surface area (Å²) in [7, 11) is 0. The lowest BCUT2D eigenvalue weighted by molar-refractivity contribution is -0.122. The summed E-state index contributed by atoms with van der Waals surface area (Å²) in [6.07, 6.45) is 1.57. The van der Waals surface area contributed by atoms with Crippen LogP contribution in [0.15, 0.2) is 109 Å². The number of carbonyl (C=O) groups excluding carboxylic acids is 2. The van der Waals surface area contributed by atoms with Crippen LogP contribution in [-0.2, 0) is 9.59 Å². The van der Waals surface area contributed by atoms with Gasteiger partial charge in [-0.1, -0.05) is 54.6 Å². The molecule has 1 saturated heterocycles. The number of thiocarbonyl (C=S) groups is 1. The average molecular weight is 502 g/mol. The molecule has 1 N–H and O–H groups in total. The van der Waals surface area contributed by atoms with E-state index in [1.807, 2.05) is 78.9 Å². The lowest BCUT2D eigenvalue weighted by atomic mass is 10.0. The van der Waals surface area contributed by atoms with Crippen molar-refractivity contribution in [3.8, 4) is 11.5 Å². The minimum absolute atomic E-state index is 0.0194. The first-order valence-electron chi connectivity index (χ1n) is 11.6. The van der Waals surface area contributed by atoms with Crippen LogP contribution in [-0.4, -0.2) is 21.9 Å². The number of nitrogens with zero attached hydrogens (tertiary/aromatic N) is 2. The molecule has 1 fully saturated rings. The van der Waals surface area contributed by atoms with Gasteiger partial charge in [-0.15, -0.1) is 0 Å². The Morgan fingerprint density at radius 3 is 2.30 bits per heavy atom. The van der Waals surface area contributed by atoms with Crippen LogP contribution in [0.4, 0.5) is 5.69 Å². The van der Waals surface area contributed by atoms with Crippen LogP contribution in [0.25, 0.3) is 27.9 Å². The maximum absolute atomic E-state index is 13.5. The highest BCUT2D eigenvalue weighted by atomic mass is 32.1. The molecule has 1 aliphatic rings. The molecule has 0 spiro atoms. The number of rotatable bonds is 4. The minimum Gasteiger partial charge on any atom is -0.457 e. The molecule has 7 heteroatoms. The minimum atomic E-state index is -0.548. The van der Waals surface area contributed by atoms with Crippen LogP contribution in [0, 0.1) is 0 Å². The van der Waals surface area contributed by atoms with E-state index in [2.05, 4.69) is 5.32 Å². The molecule has 1 aromatic heterocycles. The van der Waals surface area contributed by atoms with Gasteiger partial charge in [0.15, 0.2) is 5.11 Å². The summed E-state index contributed by atoms with van der Waals surface area (Å²) in [6, 6.07) is 31.9. The summed E-state index contributed by atoms with van der Waals surface area (Å²) in [5, 5.41) is 4.59. The number of carbonyl (C=O) groups is 2. The molecule has 37 heavy (non-hydrogen) atoms. The van der Waals surface area contributed by atoms with Crippen LogP contribution in [0.1, 0.15) is 5.56 Å². The number of hydrogen-bond donors (Lipinski definition) is 1. The topological polar surface area (TPSA) is 71.5 Å². The van der Waals surface area contributed by atoms with Crippen molar-refractivity contribution in [1.29, 1.82) is 0 Å². The fraction of sp³-hybridized carbons (Fsp3) is 0. The molecule has 0 atom stereocenters. The third kappa shape index (κ3) is 4.32. The molecule has 6 rings (SSSR count). The number of benzene rings is 4. The van der Waals surface area contributed by atoms with Gasteiger partial charge in [0.2, 0.25) is 0 Å². The summed E-state index contributed by atoms with van der Waals surface area (Å²) in [5.41, 5.74) is 2.70. The Balaban J connectivity index is 1.35. The SMILES string of the molecule is O=C1NC(=S)N(c2ccc(Oc3ccccc3)cc2)C(=O)C1=Cc1cccc2cc3ccccc3nc12. The Bertz CT molecular complexity index is 1730. The van der Waals surface area contributed by atoms with E-state index in [0.717, 1.165) is 16.3 Å². The number of pyridine rings is 1. The number of ether oxygens (including phenoxy) is 1. The zero-order chi connectivity index (χ0) is 25.4. The third-order valence-corrected chi connectivity index (χ3v) is 6.34. The van der Waals surface area contributed by atoms with E-state index < -0.39 is 11.8 Å². The van der Waals surface area contributed by atoms with Gasteiger partial charge in [0.05, 0.1) is 16.7 Å². The molecule has 4 aromatic carbocycles. The molecule has 2 heterocycles. The monoisotopic (exact) mass is 501 g/mol. The van der Waals surface area contributed by atoms with E-state index in [9.17, 15) is 9.59 Å². The van der Waals surface area contributed by atoms with Crippen molar-refractivity contribution in [2.24, 2.45) is 0 Å². The van der Waals surface area contributed by atoms with Gasteiger partial charge in [-0.2, -0.15) is 0 Å². The normalized spacial score (nSPS) is 14.9. The summed E-state index contributed by atoms with van der Waals surface area (Å²) in [5.74, 6) is 0.254. The molecule has 2 amide bonds. The second-order valence-corrected chi connectivity index (χ2v) is 8.85. The lowest BCUT2D eigenvalue weighted by Crippen LogP contribution is -2.54. The predicted octanol–water partition coefficient (Wildman–Crippen LogP) is 6.01. The van der Waals surface area contributed by atoms with E-state index in [0.29, 0.717) is 28.3 Å². The zero-order valence-corrected chi connectivity index (χ0v) is 20.2. The molecule has 0 bridgehead atoms. The number of hydrogen-bond acceptors (Lipinski definition) is 5. The van der Waals surface area contributed by atoms with Gasteiger partial charge in [0.25, 0.3) is 11.8 Å². The predicted molar refractivity (Wildman–Crippen MR) is 148 cm³/mol. The van der Waals surface area contributed by atoms with E-state index in [4.69, 9.17) is 21.9 Å². The molecular weight excluding hydrogens is 482 g/mol. The van der Waals surface area contributed by atoms with E-state index in [1.165, 1.54) is 4.90 Å². The Hall–Kier alpha value is -4.88. The summed E-state index contributed by atoms with van der Waals surface area (Å²) < 4.78 is 5.84. The maximum atomic E-state index is 13.5. The molecular formula is C30H19N3O3S. The van der Waals surface area contributed by atoms with Crippen LogP contribution in [0.5, 0.6) is 11.5 Å².